The predicted octanol–water partition coefficient (Wildman–Crippen LogP) is 1.58. The van der Waals surface area contributed by atoms with Crippen LogP contribution in [-0.4, -0.2) is 38.6 Å². The maximum absolute atomic E-state index is 12.3. The highest BCUT2D eigenvalue weighted by atomic mass is 32.2. The molecule has 0 aromatic carbocycles. The van der Waals surface area contributed by atoms with Crippen molar-refractivity contribution in [2.24, 2.45) is 5.92 Å². The number of thioether (sulfide) groups is 1. The molecule has 126 valence electrons. The Kier molecular flexibility index (Phi) is 4.04. The Morgan fingerprint density at radius 1 is 1.21 bits per heavy atom. The molecule has 0 unspecified atom stereocenters. The lowest BCUT2D eigenvalue weighted by atomic mass is 10.0. The van der Waals surface area contributed by atoms with Crippen molar-refractivity contribution in [1.29, 1.82) is 0 Å². The summed E-state index contributed by atoms with van der Waals surface area (Å²) >= 11 is 1.87. The lowest BCUT2D eigenvalue weighted by Crippen LogP contribution is -2.50. The number of aryl methyl sites for hydroxylation is 3. The second-order valence-corrected chi connectivity index (χ2v) is 7.77. The highest BCUT2D eigenvalue weighted by Gasteiger charge is 2.30. The van der Waals surface area contributed by atoms with Crippen LogP contribution in [0.3, 0.4) is 0 Å². The van der Waals surface area contributed by atoms with Gasteiger partial charge in [-0.25, -0.2) is 14.6 Å². The lowest BCUT2D eigenvalue weighted by Gasteiger charge is -2.39. The van der Waals surface area contributed by atoms with Crippen molar-refractivity contribution >= 4 is 17.7 Å². The summed E-state index contributed by atoms with van der Waals surface area (Å²) in [5.41, 5.74) is 4.23. The van der Waals surface area contributed by atoms with Crippen molar-refractivity contribution in [3.63, 3.8) is 0 Å². The van der Waals surface area contributed by atoms with Gasteiger partial charge in [-0.05, 0) is 31.2 Å². The second kappa shape index (κ2) is 6.20. The molecule has 0 amide bonds. The Balaban J connectivity index is 1.44. The average Bonchev–Trinajstić information content (AvgIpc) is 2.49. The zero-order chi connectivity index (χ0) is 16.7. The van der Waals surface area contributed by atoms with Crippen LogP contribution in [0.1, 0.15) is 22.6 Å². The predicted molar refractivity (Wildman–Crippen MR) is 95.6 cm³/mol. The summed E-state index contributed by atoms with van der Waals surface area (Å²) in [6.45, 7) is 6.42. The van der Waals surface area contributed by atoms with Crippen molar-refractivity contribution in [3.8, 4) is 0 Å². The molecule has 4 rings (SSSR count). The summed E-state index contributed by atoms with van der Waals surface area (Å²) in [5, 5.41) is 4.60. The number of anilines is 1. The van der Waals surface area contributed by atoms with Gasteiger partial charge in [0.05, 0.1) is 12.2 Å². The van der Waals surface area contributed by atoms with E-state index in [1.807, 2.05) is 31.7 Å². The van der Waals surface area contributed by atoms with E-state index in [0.717, 1.165) is 59.6 Å². The van der Waals surface area contributed by atoms with Crippen LogP contribution in [0.4, 0.5) is 5.95 Å². The molecule has 0 radical (unpaired) electrons. The summed E-state index contributed by atoms with van der Waals surface area (Å²) in [6.07, 6.45) is 0.966. The minimum atomic E-state index is 0.0253. The van der Waals surface area contributed by atoms with Crippen LogP contribution >= 0.6 is 11.8 Å². The molecule has 0 bridgehead atoms. The van der Waals surface area contributed by atoms with Gasteiger partial charge in [0.25, 0.3) is 5.56 Å². The Bertz CT molecular complexity index is 808. The van der Waals surface area contributed by atoms with Gasteiger partial charge in [-0.3, -0.25) is 4.79 Å². The van der Waals surface area contributed by atoms with Gasteiger partial charge in [-0.15, -0.1) is 0 Å². The minimum Gasteiger partial charge on any atom is -0.340 e. The smallest absolute Gasteiger partial charge is 0.267 e. The first-order valence-electron chi connectivity index (χ1n) is 8.33. The maximum atomic E-state index is 12.3. The van der Waals surface area contributed by atoms with Gasteiger partial charge in [0.2, 0.25) is 5.95 Å². The van der Waals surface area contributed by atoms with Crippen molar-refractivity contribution < 1.29 is 0 Å². The first-order valence-corrected chi connectivity index (χ1v) is 9.49. The van der Waals surface area contributed by atoms with Crippen molar-refractivity contribution in [1.82, 2.24) is 19.7 Å². The number of rotatable bonds is 3. The normalized spacial score (nSPS) is 17.5. The third kappa shape index (κ3) is 3.05. The van der Waals surface area contributed by atoms with Crippen LogP contribution < -0.4 is 10.5 Å². The molecule has 0 saturated carbocycles. The van der Waals surface area contributed by atoms with E-state index in [0.29, 0.717) is 12.5 Å². The summed E-state index contributed by atoms with van der Waals surface area (Å²) in [5.74, 6) is 3.24. The molecule has 0 spiro atoms. The first-order chi connectivity index (χ1) is 11.6. The molecule has 0 N–H and O–H groups in total. The highest BCUT2D eigenvalue weighted by Crippen LogP contribution is 2.24. The Morgan fingerprint density at radius 2 is 1.96 bits per heavy atom. The molecular weight excluding hydrogens is 322 g/mol. The molecule has 2 aromatic rings. The van der Waals surface area contributed by atoms with E-state index in [4.69, 9.17) is 0 Å². The molecule has 0 aliphatic carbocycles. The standard InChI is InChI=1S/C17H21N5OS/c1-11-5-12(2)19-17(18-11)21-7-13(8-21)9-22-16(23)6-14-10-24-4-3-15(14)20-22/h5-6,13H,3-4,7-10H2,1-2H3. The largest absolute Gasteiger partial charge is 0.340 e. The fraction of sp³-hybridized carbons (Fsp3) is 0.529. The fourth-order valence-corrected chi connectivity index (χ4v) is 4.28. The van der Waals surface area contributed by atoms with Crippen LogP contribution in [0.15, 0.2) is 16.9 Å². The number of hydrogen-bond donors (Lipinski definition) is 0. The van der Waals surface area contributed by atoms with Crippen LogP contribution in [0, 0.1) is 19.8 Å². The van der Waals surface area contributed by atoms with Gasteiger partial charge in [-0.2, -0.15) is 16.9 Å². The molecule has 7 heteroatoms. The zero-order valence-electron chi connectivity index (χ0n) is 14.0. The maximum Gasteiger partial charge on any atom is 0.267 e. The SMILES string of the molecule is Cc1cc(C)nc(N2CC(Cn3nc4c(cc3=O)CSCC4)C2)n1. The number of nitrogens with zero attached hydrogens (tertiary/aromatic N) is 5. The quantitative estimate of drug-likeness (QED) is 0.843. The molecule has 6 nitrogen and oxygen atoms in total. The molecule has 2 aromatic heterocycles. The third-order valence-electron chi connectivity index (χ3n) is 4.55. The lowest BCUT2D eigenvalue weighted by molar-refractivity contribution is 0.328. The van der Waals surface area contributed by atoms with Gasteiger partial charge >= 0.3 is 0 Å². The number of fused-ring (bicyclic) bond motifs is 1. The summed E-state index contributed by atoms with van der Waals surface area (Å²) in [7, 11) is 0. The molecular formula is C17H21N5OS. The third-order valence-corrected chi connectivity index (χ3v) is 5.55. The highest BCUT2D eigenvalue weighted by molar-refractivity contribution is 7.98. The van der Waals surface area contributed by atoms with Gasteiger partial charge in [0.1, 0.15) is 0 Å². The Morgan fingerprint density at radius 3 is 2.71 bits per heavy atom. The van der Waals surface area contributed by atoms with E-state index in [2.05, 4.69) is 20.0 Å². The van der Waals surface area contributed by atoms with Gasteiger partial charge in [0.15, 0.2) is 0 Å². The van der Waals surface area contributed by atoms with Crippen LogP contribution in [0.2, 0.25) is 0 Å². The van der Waals surface area contributed by atoms with Crippen LogP contribution in [0.25, 0.3) is 0 Å². The van der Waals surface area contributed by atoms with Crippen molar-refractivity contribution in [2.45, 2.75) is 32.6 Å². The molecule has 1 saturated heterocycles. The summed E-state index contributed by atoms with van der Waals surface area (Å²) in [6, 6.07) is 3.76. The van der Waals surface area contributed by atoms with Gasteiger partial charge < -0.3 is 4.90 Å². The van der Waals surface area contributed by atoms with E-state index in [-0.39, 0.29) is 5.56 Å². The molecule has 1 fully saturated rings. The molecule has 2 aliphatic heterocycles. The number of hydrogen-bond acceptors (Lipinski definition) is 6. The average molecular weight is 343 g/mol. The topological polar surface area (TPSA) is 63.9 Å². The van der Waals surface area contributed by atoms with Crippen molar-refractivity contribution in [3.05, 3.63) is 45.1 Å². The van der Waals surface area contributed by atoms with E-state index < -0.39 is 0 Å². The van der Waals surface area contributed by atoms with Gasteiger partial charge in [0, 0.05) is 48.6 Å². The van der Waals surface area contributed by atoms with E-state index >= 15 is 0 Å². The monoisotopic (exact) mass is 343 g/mol. The summed E-state index contributed by atoms with van der Waals surface area (Å²) in [4.78, 5) is 23.4. The van der Waals surface area contributed by atoms with Crippen LogP contribution in [-0.2, 0) is 18.7 Å². The molecule has 0 atom stereocenters. The van der Waals surface area contributed by atoms with E-state index in [1.165, 1.54) is 0 Å². The van der Waals surface area contributed by atoms with E-state index in [1.54, 1.807) is 10.7 Å². The second-order valence-electron chi connectivity index (χ2n) is 6.66. The van der Waals surface area contributed by atoms with Crippen LogP contribution in [0.5, 0.6) is 0 Å². The Hall–Kier alpha value is -1.89. The van der Waals surface area contributed by atoms with Crippen molar-refractivity contribution in [2.75, 3.05) is 23.7 Å². The van der Waals surface area contributed by atoms with E-state index in [9.17, 15) is 4.79 Å². The molecule has 4 heterocycles. The Labute approximate surface area is 145 Å². The minimum absolute atomic E-state index is 0.0253. The number of aromatic nitrogens is 4. The first kappa shape index (κ1) is 15.6. The fourth-order valence-electron chi connectivity index (χ4n) is 3.33. The molecule has 2 aliphatic rings. The molecule has 24 heavy (non-hydrogen) atoms. The summed E-state index contributed by atoms with van der Waals surface area (Å²) < 4.78 is 1.65. The van der Waals surface area contributed by atoms with Gasteiger partial charge in [-0.1, -0.05) is 0 Å². The zero-order valence-corrected chi connectivity index (χ0v) is 14.8.